The Balaban J connectivity index is 2.66. The van der Waals surface area contributed by atoms with E-state index in [1.807, 2.05) is 6.07 Å². The van der Waals surface area contributed by atoms with Crippen molar-refractivity contribution in [2.75, 3.05) is 25.2 Å². The van der Waals surface area contributed by atoms with Gasteiger partial charge in [0.05, 0.1) is 19.8 Å². The fourth-order valence-corrected chi connectivity index (χ4v) is 1.92. The lowest BCUT2D eigenvalue weighted by molar-refractivity contribution is 0.113. The maximum atomic E-state index is 9.19. The van der Waals surface area contributed by atoms with E-state index in [1.54, 1.807) is 19.2 Å². The van der Waals surface area contributed by atoms with Crippen LogP contribution in [0, 0.1) is 0 Å². The van der Waals surface area contributed by atoms with Crippen molar-refractivity contribution in [2.24, 2.45) is 0 Å². The third kappa shape index (κ3) is 3.62. The van der Waals surface area contributed by atoms with E-state index in [-0.39, 0.29) is 6.61 Å². The summed E-state index contributed by atoms with van der Waals surface area (Å²) in [7, 11) is 1.59. The van der Waals surface area contributed by atoms with Crippen LogP contribution in [0.1, 0.15) is 0 Å². The third-order valence-corrected chi connectivity index (χ3v) is 3.08. The lowest BCUT2D eigenvalue weighted by atomic mass is 10.3. The number of nitrogen functional groups attached to an aromatic ring is 1. The van der Waals surface area contributed by atoms with Crippen LogP contribution < -0.4 is 10.5 Å². The molecule has 4 N–H and O–H groups in total. The predicted octanol–water partition coefficient (Wildman–Crippen LogP) is 0.723. The summed E-state index contributed by atoms with van der Waals surface area (Å²) in [6.07, 6.45) is -0.722. The minimum atomic E-state index is -0.722. The summed E-state index contributed by atoms with van der Waals surface area (Å²) in [5, 5.41) is 17.9. The summed E-state index contributed by atoms with van der Waals surface area (Å²) in [6.45, 7) is -0.239. The SMILES string of the molecule is COc1ccc(N)c(SCC(O)CO)c1. The Morgan fingerprint density at radius 2 is 2.27 bits per heavy atom. The quantitative estimate of drug-likeness (QED) is 0.512. The highest BCUT2D eigenvalue weighted by atomic mass is 32.2. The van der Waals surface area contributed by atoms with Gasteiger partial charge in [0, 0.05) is 16.3 Å². The molecule has 0 fully saturated rings. The second kappa shape index (κ2) is 5.85. The first-order valence-electron chi connectivity index (χ1n) is 4.52. The molecule has 0 heterocycles. The number of aliphatic hydroxyl groups excluding tert-OH is 2. The number of rotatable bonds is 5. The highest BCUT2D eigenvalue weighted by Crippen LogP contribution is 2.29. The number of hydrogen-bond donors (Lipinski definition) is 3. The van der Waals surface area contributed by atoms with Crippen molar-refractivity contribution in [1.82, 2.24) is 0 Å². The van der Waals surface area contributed by atoms with Crippen molar-refractivity contribution in [2.45, 2.75) is 11.0 Å². The second-order valence-electron chi connectivity index (χ2n) is 3.05. The summed E-state index contributed by atoms with van der Waals surface area (Å²) in [5.74, 6) is 1.14. The molecular formula is C10H15NO3S. The molecule has 1 atom stereocenters. The molecule has 0 saturated carbocycles. The van der Waals surface area contributed by atoms with E-state index in [4.69, 9.17) is 15.6 Å². The van der Waals surface area contributed by atoms with Gasteiger partial charge in [0.25, 0.3) is 0 Å². The van der Waals surface area contributed by atoms with Gasteiger partial charge >= 0.3 is 0 Å². The minimum absolute atomic E-state index is 0.239. The van der Waals surface area contributed by atoms with E-state index in [0.29, 0.717) is 11.4 Å². The summed E-state index contributed by atoms with van der Waals surface area (Å²) < 4.78 is 5.06. The third-order valence-electron chi connectivity index (χ3n) is 1.86. The van der Waals surface area contributed by atoms with Crippen LogP contribution in [0.2, 0.25) is 0 Å². The molecule has 0 bridgehead atoms. The largest absolute Gasteiger partial charge is 0.497 e. The molecule has 0 aliphatic heterocycles. The van der Waals surface area contributed by atoms with Gasteiger partial charge in [0.15, 0.2) is 0 Å². The Morgan fingerprint density at radius 3 is 2.87 bits per heavy atom. The highest BCUT2D eigenvalue weighted by molar-refractivity contribution is 7.99. The molecule has 1 aromatic carbocycles. The molecule has 0 radical (unpaired) electrons. The first-order valence-corrected chi connectivity index (χ1v) is 5.51. The number of nitrogens with two attached hydrogens (primary N) is 1. The number of anilines is 1. The Kier molecular flexibility index (Phi) is 4.74. The topological polar surface area (TPSA) is 75.7 Å². The van der Waals surface area contributed by atoms with Gasteiger partial charge in [-0.15, -0.1) is 11.8 Å². The van der Waals surface area contributed by atoms with Gasteiger partial charge in [0.2, 0.25) is 0 Å². The zero-order chi connectivity index (χ0) is 11.3. The molecule has 0 saturated heterocycles. The Morgan fingerprint density at radius 1 is 1.53 bits per heavy atom. The molecule has 1 unspecified atom stereocenters. The number of benzene rings is 1. The fraction of sp³-hybridized carbons (Fsp3) is 0.400. The molecule has 1 aromatic rings. The molecule has 5 heteroatoms. The fourth-order valence-electron chi connectivity index (χ4n) is 1.01. The minimum Gasteiger partial charge on any atom is -0.497 e. The molecule has 15 heavy (non-hydrogen) atoms. The van der Waals surface area contributed by atoms with Crippen molar-refractivity contribution in [3.05, 3.63) is 18.2 Å². The van der Waals surface area contributed by atoms with Gasteiger partial charge in [-0.25, -0.2) is 0 Å². The van der Waals surface area contributed by atoms with E-state index in [0.717, 1.165) is 10.6 Å². The molecule has 0 aliphatic rings. The van der Waals surface area contributed by atoms with Crippen LogP contribution in [-0.4, -0.2) is 35.8 Å². The average molecular weight is 229 g/mol. The summed E-state index contributed by atoms with van der Waals surface area (Å²) in [6, 6.07) is 5.35. The zero-order valence-corrected chi connectivity index (χ0v) is 9.33. The lowest BCUT2D eigenvalue weighted by Crippen LogP contribution is -2.14. The summed E-state index contributed by atoms with van der Waals surface area (Å²) >= 11 is 1.39. The molecular weight excluding hydrogens is 214 g/mol. The van der Waals surface area contributed by atoms with Gasteiger partial charge < -0.3 is 20.7 Å². The van der Waals surface area contributed by atoms with Crippen LogP contribution in [0.4, 0.5) is 5.69 Å². The second-order valence-corrected chi connectivity index (χ2v) is 4.11. The summed E-state index contributed by atoms with van der Waals surface area (Å²) in [4.78, 5) is 0.849. The van der Waals surface area contributed by atoms with E-state index in [9.17, 15) is 5.11 Å². The van der Waals surface area contributed by atoms with Crippen molar-refractivity contribution >= 4 is 17.4 Å². The zero-order valence-electron chi connectivity index (χ0n) is 8.51. The maximum Gasteiger partial charge on any atom is 0.120 e. The molecule has 1 rings (SSSR count). The van der Waals surface area contributed by atoms with Crippen molar-refractivity contribution < 1.29 is 14.9 Å². The monoisotopic (exact) mass is 229 g/mol. The van der Waals surface area contributed by atoms with Crippen LogP contribution in [0.15, 0.2) is 23.1 Å². The van der Waals surface area contributed by atoms with Crippen LogP contribution in [0.3, 0.4) is 0 Å². The van der Waals surface area contributed by atoms with E-state index >= 15 is 0 Å². The first-order chi connectivity index (χ1) is 7.17. The van der Waals surface area contributed by atoms with Gasteiger partial charge in [0.1, 0.15) is 5.75 Å². The van der Waals surface area contributed by atoms with Crippen molar-refractivity contribution in [3.8, 4) is 5.75 Å². The highest BCUT2D eigenvalue weighted by Gasteiger charge is 2.06. The molecule has 4 nitrogen and oxygen atoms in total. The van der Waals surface area contributed by atoms with Crippen LogP contribution in [-0.2, 0) is 0 Å². The maximum absolute atomic E-state index is 9.19. The Hall–Kier alpha value is -0.910. The number of thioether (sulfide) groups is 1. The average Bonchev–Trinajstić information content (AvgIpc) is 2.27. The lowest BCUT2D eigenvalue weighted by Gasteiger charge is -2.09. The van der Waals surface area contributed by atoms with Gasteiger partial charge in [-0.3, -0.25) is 0 Å². The van der Waals surface area contributed by atoms with Crippen LogP contribution >= 0.6 is 11.8 Å². The molecule has 0 aliphatic carbocycles. The van der Waals surface area contributed by atoms with Gasteiger partial charge in [-0.1, -0.05) is 0 Å². The van der Waals surface area contributed by atoms with E-state index in [2.05, 4.69) is 0 Å². The molecule has 0 aromatic heterocycles. The summed E-state index contributed by atoms with van der Waals surface area (Å²) in [5.41, 5.74) is 6.40. The van der Waals surface area contributed by atoms with E-state index in [1.165, 1.54) is 11.8 Å². The van der Waals surface area contributed by atoms with Gasteiger partial charge in [-0.05, 0) is 18.2 Å². The molecule has 0 amide bonds. The predicted molar refractivity (Wildman–Crippen MR) is 61.2 cm³/mol. The Bertz CT molecular complexity index is 320. The van der Waals surface area contributed by atoms with Crippen LogP contribution in [0.5, 0.6) is 5.75 Å². The number of aliphatic hydroxyl groups is 2. The Labute approximate surface area is 93.1 Å². The number of ether oxygens (including phenoxy) is 1. The van der Waals surface area contributed by atoms with Crippen LogP contribution in [0.25, 0.3) is 0 Å². The molecule has 84 valence electrons. The first kappa shape index (κ1) is 12.2. The van der Waals surface area contributed by atoms with Crippen molar-refractivity contribution in [3.63, 3.8) is 0 Å². The van der Waals surface area contributed by atoms with Crippen molar-refractivity contribution in [1.29, 1.82) is 0 Å². The number of methoxy groups -OCH3 is 1. The van der Waals surface area contributed by atoms with E-state index < -0.39 is 6.10 Å². The van der Waals surface area contributed by atoms with Gasteiger partial charge in [-0.2, -0.15) is 0 Å². The standard InChI is InChI=1S/C10H15NO3S/c1-14-8-2-3-9(11)10(4-8)15-6-7(13)5-12/h2-4,7,12-13H,5-6,11H2,1H3. The smallest absolute Gasteiger partial charge is 0.120 e. The number of hydrogen-bond acceptors (Lipinski definition) is 5. The molecule has 0 spiro atoms. The normalized spacial score (nSPS) is 12.5.